The van der Waals surface area contributed by atoms with Crippen molar-refractivity contribution in [2.24, 2.45) is 0 Å². The van der Waals surface area contributed by atoms with Gasteiger partial charge in [0.15, 0.2) is 0 Å². The van der Waals surface area contributed by atoms with Gasteiger partial charge >= 0.3 is 0 Å². The molecule has 0 radical (unpaired) electrons. The first-order valence-corrected chi connectivity index (χ1v) is 6.99. The Hall–Kier alpha value is -2.34. The SMILES string of the molecule is Cc1cc(NC(=O)CN2CCNCc3ccccc32)on1. The van der Waals surface area contributed by atoms with Crippen molar-refractivity contribution < 1.29 is 9.32 Å². The lowest BCUT2D eigenvalue weighted by Gasteiger charge is -2.23. The Morgan fingerprint density at radius 3 is 3.14 bits per heavy atom. The normalized spacial score (nSPS) is 14.4. The van der Waals surface area contributed by atoms with Gasteiger partial charge in [0.05, 0.1) is 12.2 Å². The number of benzene rings is 1. The lowest BCUT2D eigenvalue weighted by molar-refractivity contribution is -0.115. The summed E-state index contributed by atoms with van der Waals surface area (Å²) in [5.74, 6) is 0.279. The van der Waals surface area contributed by atoms with Crippen LogP contribution in [-0.4, -0.2) is 30.7 Å². The van der Waals surface area contributed by atoms with Gasteiger partial charge in [0.25, 0.3) is 0 Å². The van der Waals surface area contributed by atoms with Crippen LogP contribution in [0.15, 0.2) is 34.9 Å². The fourth-order valence-corrected chi connectivity index (χ4v) is 2.46. The summed E-state index contributed by atoms with van der Waals surface area (Å²) in [6.07, 6.45) is 0. The van der Waals surface area contributed by atoms with E-state index in [2.05, 4.69) is 26.8 Å². The lowest BCUT2D eigenvalue weighted by Crippen LogP contribution is -2.36. The highest BCUT2D eigenvalue weighted by atomic mass is 16.5. The number of hydrogen-bond acceptors (Lipinski definition) is 5. The first-order valence-electron chi connectivity index (χ1n) is 6.99. The molecule has 1 aliphatic heterocycles. The number of anilines is 2. The summed E-state index contributed by atoms with van der Waals surface area (Å²) in [5, 5.41) is 9.84. The fourth-order valence-electron chi connectivity index (χ4n) is 2.46. The minimum Gasteiger partial charge on any atom is -0.361 e. The van der Waals surface area contributed by atoms with Crippen molar-refractivity contribution in [2.75, 3.05) is 29.9 Å². The molecule has 6 heteroatoms. The number of para-hydroxylation sites is 1. The Morgan fingerprint density at radius 2 is 2.33 bits per heavy atom. The van der Waals surface area contributed by atoms with Gasteiger partial charge in [-0.15, -0.1) is 0 Å². The molecule has 0 aliphatic carbocycles. The van der Waals surface area contributed by atoms with Crippen molar-refractivity contribution in [1.82, 2.24) is 10.5 Å². The van der Waals surface area contributed by atoms with E-state index in [1.54, 1.807) is 6.07 Å². The number of nitrogens with zero attached hydrogens (tertiary/aromatic N) is 2. The van der Waals surface area contributed by atoms with Crippen LogP contribution in [0.5, 0.6) is 0 Å². The molecule has 1 aromatic heterocycles. The number of amides is 1. The van der Waals surface area contributed by atoms with Crippen molar-refractivity contribution in [3.05, 3.63) is 41.6 Å². The summed E-state index contributed by atoms with van der Waals surface area (Å²) in [6, 6.07) is 9.85. The van der Waals surface area contributed by atoms with Crippen LogP contribution in [0, 0.1) is 6.92 Å². The number of nitrogens with one attached hydrogen (secondary N) is 2. The largest absolute Gasteiger partial charge is 0.361 e. The van der Waals surface area contributed by atoms with Gasteiger partial charge in [0.1, 0.15) is 0 Å². The molecule has 0 unspecified atom stereocenters. The molecule has 2 N–H and O–H groups in total. The van der Waals surface area contributed by atoms with Gasteiger partial charge in [0, 0.05) is 31.4 Å². The third kappa shape index (κ3) is 3.22. The summed E-state index contributed by atoms with van der Waals surface area (Å²) in [4.78, 5) is 14.2. The highest BCUT2D eigenvalue weighted by Crippen LogP contribution is 2.21. The molecule has 3 rings (SSSR count). The van der Waals surface area contributed by atoms with E-state index >= 15 is 0 Å². The predicted molar refractivity (Wildman–Crippen MR) is 80.2 cm³/mol. The number of aryl methyl sites for hydroxylation is 1. The van der Waals surface area contributed by atoms with E-state index in [1.165, 1.54) is 5.56 Å². The molecule has 2 aromatic rings. The Morgan fingerprint density at radius 1 is 1.48 bits per heavy atom. The first kappa shape index (κ1) is 13.6. The zero-order valence-corrected chi connectivity index (χ0v) is 11.9. The van der Waals surface area contributed by atoms with Gasteiger partial charge in [-0.3, -0.25) is 10.1 Å². The Bertz CT molecular complexity index is 638. The maximum atomic E-state index is 12.2. The van der Waals surface area contributed by atoms with E-state index in [1.807, 2.05) is 25.1 Å². The number of aromatic nitrogens is 1. The highest BCUT2D eigenvalue weighted by Gasteiger charge is 2.17. The van der Waals surface area contributed by atoms with Crippen LogP contribution < -0.4 is 15.5 Å². The van der Waals surface area contributed by atoms with Crippen LogP contribution in [-0.2, 0) is 11.3 Å². The van der Waals surface area contributed by atoms with E-state index in [-0.39, 0.29) is 5.91 Å². The predicted octanol–water partition coefficient (Wildman–Crippen LogP) is 1.53. The third-order valence-electron chi connectivity index (χ3n) is 3.43. The van der Waals surface area contributed by atoms with Crippen LogP contribution in [0.2, 0.25) is 0 Å². The van der Waals surface area contributed by atoms with E-state index in [0.717, 1.165) is 31.0 Å². The number of hydrogen-bond donors (Lipinski definition) is 2. The standard InChI is InChI=1S/C15H18N4O2/c1-11-8-15(21-18-11)17-14(20)10-19-7-6-16-9-12-4-2-3-5-13(12)19/h2-5,8,16H,6-7,9-10H2,1H3,(H,17,20). The van der Waals surface area contributed by atoms with Crippen LogP contribution >= 0.6 is 0 Å². The average Bonchev–Trinajstić information content (AvgIpc) is 2.77. The molecular formula is C15H18N4O2. The monoisotopic (exact) mass is 286 g/mol. The van der Waals surface area contributed by atoms with Crippen LogP contribution in [0.3, 0.4) is 0 Å². The summed E-state index contributed by atoms with van der Waals surface area (Å²) in [7, 11) is 0. The second kappa shape index (κ2) is 5.97. The molecule has 1 amide bonds. The third-order valence-corrected chi connectivity index (χ3v) is 3.43. The molecule has 0 fully saturated rings. The summed E-state index contributed by atoms with van der Waals surface area (Å²) < 4.78 is 5.01. The maximum absolute atomic E-state index is 12.2. The van der Waals surface area contributed by atoms with Gasteiger partial charge in [-0.1, -0.05) is 23.4 Å². The molecular weight excluding hydrogens is 268 g/mol. The van der Waals surface area contributed by atoms with Crippen LogP contribution in [0.1, 0.15) is 11.3 Å². The second-order valence-corrected chi connectivity index (χ2v) is 5.11. The van der Waals surface area contributed by atoms with E-state index < -0.39 is 0 Å². The van der Waals surface area contributed by atoms with E-state index in [9.17, 15) is 4.79 Å². The molecule has 110 valence electrons. The average molecular weight is 286 g/mol. The molecule has 0 saturated carbocycles. The minimum absolute atomic E-state index is 0.108. The second-order valence-electron chi connectivity index (χ2n) is 5.11. The van der Waals surface area contributed by atoms with Gasteiger partial charge in [-0.05, 0) is 18.6 Å². The Labute approximate surface area is 123 Å². The van der Waals surface area contributed by atoms with Gasteiger partial charge < -0.3 is 14.7 Å². The minimum atomic E-state index is -0.108. The Kier molecular flexibility index (Phi) is 3.87. The molecule has 0 saturated heterocycles. The topological polar surface area (TPSA) is 70.4 Å². The zero-order valence-electron chi connectivity index (χ0n) is 11.9. The quantitative estimate of drug-likeness (QED) is 0.895. The van der Waals surface area contributed by atoms with Crippen molar-refractivity contribution in [3.8, 4) is 0 Å². The summed E-state index contributed by atoms with van der Waals surface area (Å²) in [5.41, 5.74) is 3.05. The number of fused-ring (bicyclic) bond motifs is 1. The van der Waals surface area contributed by atoms with Crippen molar-refractivity contribution >= 4 is 17.5 Å². The number of carbonyl (C=O) groups is 1. The molecule has 0 spiro atoms. The van der Waals surface area contributed by atoms with Crippen molar-refractivity contribution in [3.63, 3.8) is 0 Å². The number of rotatable bonds is 3. The molecule has 1 aliphatic rings. The molecule has 21 heavy (non-hydrogen) atoms. The van der Waals surface area contributed by atoms with Crippen molar-refractivity contribution in [1.29, 1.82) is 0 Å². The molecule has 0 atom stereocenters. The van der Waals surface area contributed by atoms with E-state index in [4.69, 9.17) is 4.52 Å². The molecule has 0 bridgehead atoms. The molecule has 6 nitrogen and oxygen atoms in total. The first-order chi connectivity index (χ1) is 10.2. The van der Waals surface area contributed by atoms with E-state index in [0.29, 0.717) is 12.4 Å². The van der Waals surface area contributed by atoms with Gasteiger partial charge in [-0.25, -0.2) is 0 Å². The highest BCUT2D eigenvalue weighted by molar-refractivity contribution is 5.93. The van der Waals surface area contributed by atoms with Crippen LogP contribution in [0.25, 0.3) is 0 Å². The Balaban J connectivity index is 1.70. The number of carbonyl (C=O) groups excluding carboxylic acids is 1. The zero-order chi connectivity index (χ0) is 14.7. The maximum Gasteiger partial charge on any atom is 0.246 e. The van der Waals surface area contributed by atoms with Gasteiger partial charge in [-0.2, -0.15) is 0 Å². The summed E-state index contributed by atoms with van der Waals surface area (Å²) >= 11 is 0. The smallest absolute Gasteiger partial charge is 0.246 e. The van der Waals surface area contributed by atoms with Crippen LogP contribution in [0.4, 0.5) is 11.6 Å². The summed E-state index contributed by atoms with van der Waals surface area (Å²) in [6.45, 7) is 4.58. The molecule has 1 aromatic carbocycles. The fraction of sp³-hybridized carbons (Fsp3) is 0.333. The molecule has 2 heterocycles. The van der Waals surface area contributed by atoms with Crippen molar-refractivity contribution in [2.45, 2.75) is 13.5 Å². The van der Waals surface area contributed by atoms with Gasteiger partial charge in [0.2, 0.25) is 11.8 Å². The lowest BCUT2D eigenvalue weighted by atomic mass is 10.1.